The van der Waals surface area contributed by atoms with E-state index >= 15 is 0 Å². The number of aryl methyl sites for hydroxylation is 1. The number of rotatable bonds is 4. The average Bonchev–Trinajstić information content (AvgIpc) is 2.87. The second-order valence-electron chi connectivity index (χ2n) is 6.76. The molecular weight excluding hydrogens is 266 g/mol. The number of aromatic amines is 1. The van der Waals surface area contributed by atoms with Crippen LogP contribution in [0.1, 0.15) is 63.4 Å². The molecule has 1 fully saturated rings. The summed E-state index contributed by atoms with van der Waals surface area (Å²) in [6, 6.07) is 0.226. The lowest BCUT2D eigenvalue weighted by Gasteiger charge is -2.40. The molecule has 0 bridgehead atoms. The number of aromatic nitrogens is 3. The Labute approximate surface area is 126 Å². The van der Waals surface area contributed by atoms with Crippen molar-refractivity contribution in [1.82, 2.24) is 25.4 Å². The van der Waals surface area contributed by atoms with Crippen molar-refractivity contribution in [2.45, 2.75) is 65.0 Å². The van der Waals surface area contributed by atoms with E-state index in [4.69, 9.17) is 0 Å². The van der Waals surface area contributed by atoms with E-state index in [1.165, 1.54) is 0 Å². The summed E-state index contributed by atoms with van der Waals surface area (Å²) in [6.45, 7) is 10.8. The van der Waals surface area contributed by atoms with Gasteiger partial charge in [-0.1, -0.05) is 6.92 Å². The molecule has 1 aliphatic heterocycles. The number of carbonyl (C=O) groups is 1. The Morgan fingerprint density at radius 1 is 1.38 bits per heavy atom. The predicted octanol–water partition coefficient (Wildman–Crippen LogP) is 1.75. The van der Waals surface area contributed by atoms with Crippen molar-refractivity contribution >= 4 is 5.91 Å². The van der Waals surface area contributed by atoms with Crippen molar-refractivity contribution in [2.75, 3.05) is 13.1 Å². The summed E-state index contributed by atoms with van der Waals surface area (Å²) in [5, 5.41) is 9.87. The average molecular weight is 293 g/mol. The van der Waals surface area contributed by atoms with Gasteiger partial charge in [0.2, 0.25) is 5.82 Å². The predicted molar refractivity (Wildman–Crippen MR) is 82.2 cm³/mol. The molecule has 0 aliphatic carbocycles. The van der Waals surface area contributed by atoms with Crippen molar-refractivity contribution in [3.63, 3.8) is 0 Å². The fourth-order valence-corrected chi connectivity index (χ4v) is 2.69. The van der Waals surface area contributed by atoms with Crippen LogP contribution in [0.2, 0.25) is 0 Å². The Bertz CT molecular complexity index is 469. The summed E-state index contributed by atoms with van der Waals surface area (Å²) in [4.78, 5) is 18.8. The van der Waals surface area contributed by atoms with Crippen LogP contribution in [0.5, 0.6) is 0 Å². The minimum absolute atomic E-state index is 0.164. The van der Waals surface area contributed by atoms with Gasteiger partial charge in [-0.25, -0.2) is 4.98 Å². The molecule has 1 aromatic heterocycles. The Hall–Kier alpha value is -1.43. The normalized spacial score (nSPS) is 17.9. The zero-order valence-electron chi connectivity index (χ0n) is 13.6. The van der Waals surface area contributed by atoms with Crippen LogP contribution in [-0.2, 0) is 6.42 Å². The molecule has 2 rings (SSSR count). The topological polar surface area (TPSA) is 73.9 Å². The first-order valence-corrected chi connectivity index (χ1v) is 7.87. The first-order valence-electron chi connectivity index (χ1n) is 7.87. The summed E-state index contributed by atoms with van der Waals surface area (Å²) in [5.74, 6) is 0.879. The van der Waals surface area contributed by atoms with Crippen molar-refractivity contribution in [2.24, 2.45) is 0 Å². The molecular formula is C15H27N5O. The summed E-state index contributed by atoms with van der Waals surface area (Å²) in [5.41, 5.74) is 0.202. The Morgan fingerprint density at radius 3 is 2.62 bits per heavy atom. The van der Waals surface area contributed by atoms with Gasteiger partial charge in [0, 0.05) is 31.1 Å². The highest BCUT2D eigenvalue weighted by atomic mass is 16.2. The lowest BCUT2D eigenvalue weighted by molar-refractivity contribution is 0.0805. The van der Waals surface area contributed by atoms with E-state index in [0.29, 0.717) is 0 Å². The highest BCUT2D eigenvalue weighted by Crippen LogP contribution is 2.20. The number of H-pyrrole nitrogens is 1. The third kappa shape index (κ3) is 4.27. The number of nitrogens with zero attached hydrogens (tertiary/aromatic N) is 3. The zero-order chi connectivity index (χ0) is 15.5. The Morgan fingerprint density at radius 2 is 2.05 bits per heavy atom. The maximum atomic E-state index is 12.1. The second kappa shape index (κ2) is 6.56. The van der Waals surface area contributed by atoms with E-state index in [1.807, 2.05) is 0 Å². The third-order valence-corrected chi connectivity index (χ3v) is 4.00. The quantitative estimate of drug-likeness (QED) is 0.887. The molecule has 21 heavy (non-hydrogen) atoms. The van der Waals surface area contributed by atoms with Crippen LogP contribution in [0.3, 0.4) is 0 Å². The molecule has 2 heterocycles. The van der Waals surface area contributed by atoms with Crippen LogP contribution in [0.25, 0.3) is 0 Å². The molecule has 1 aromatic rings. The highest BCUT2D eigenvalue weighted by Gasteiger charge is 2.28. The number of nitrogens with one attached hydrogen (secondary N) is 2. The number of amides is 1. The van der Waals surface area contributed by atoms with Gasteiger partial charge in [0.15, 0.2) is 0 Å². The largest absolute Gasteiger partial charge is 0.346 e. The molecule has 1 saturated heterocycles. The number of hydrogen-bond donors (Lipinski definition) is 2. The van der Waals surface area contributed by atoms with Gasteiger partial charge >= 0.3 is 0 Å². The van der Waals surface area contributed by atoms with Crippen molar-refractivity contribution < 1.29 is 4.79 Å². The van der Waals surface area contributed by atoms with E-state index in [0.717, 1.165) is 44.6 Å². The molecule has 6 heteroatoms. The van der Waals surface area contributed by atoms with Crippen molar-refractivity contribution in [3.05, 3.63) is 11.6 Å². The van der Waals surface area contributed by atoms with E-state index in [1.54, 1.807) is 0 Å². The van der Waals surface area contributed by atoms with Gasteiger partial charge in [-0.15, -0.1) is 5.10 Å². The van der Waals surface area contributed by atoms with Gasteiger partial charge in [0.1, 0.15) is 5.82 Å². The molecule has 0 saturated carbocycles. The summed E-state index contributed by atoms with van der Waals surface area (Å²) in [6.07, 6.45) is 3.77. The zero-order valence-corrected chi connectivity index (χ0v) is 13.6. The minimum atomic E-state index is -0.164. The molecule has 2 N–H and O–H groups in total. The highest BCUT2D eigenvalue weighted by molar-refractivity contribution is 5.90. The van der Waals surface area contributed by atoms with Gasteiger partial charge in [-0.05, 0) is 40.0 Å². The van der Waals surface area contributed by atoms with Crippen molar-refractivity contribution in [3.8, 4) is 0 Å². The van der Waals surface area contributed by atoms with Crippen LogP contribution in [0.15, 0.2) is 0 Å². The number of hydrogen-bond acceptors (Lipinski definition) is 4. The number of piperidine rings is 1. The molecule has 0 unspecified atom stereocenters. The maximum absolute atomic E-state index is 12.1. The molecule has 6 nitrogen and oxygen atoms in total. The lowest BCUT2D eigenvalue weighted by atomic mass is 9.98. The minimum Gasteiger partial charge on any atom is -0.346 e. The summed E-state index contributed by atoms with van der Waals surface area (Å²) >= 11 is 0. The molecule has 1 amide bonds. The first kappa shape index (κ1) is 15.9. The Balaban J connectivity index is 1.84. The smallest absolute Gasteiger partial charge is 0.291 e. The fourth-order valence-electron chi connectivity index (χ4n) is 2.69. The fraction of sp³-hybridized carbons (Fsp3) is 0.800. The number of carbonyl (C=O) groups excluding carboxylic acids is 1. The van der Waals surface area contributed by atoms with Gasteiger partial charge in [-0.2, -0.15) is 0 Å². The monoisotopic (exact) mass is 293 g/mol. The van der Waals surface area contributed by atoms with E-state index in [2.05, 4.69) is 53.1 Å². The second-order valence-corrected chi connectivity index (χ2v) is 6.76. The maximum Gasteiger partial charge on any atom is 0.291 e. The summed E-state index contributed by atoms with van der Waals surface area (Å²) in [7, 11) is 0. The standard InChI is InChI=1S/C15H27N5O/c1-5-6-12-17-13(19-18-12)14(21)16-11-7-9-20(10-8-11)15(2,3)4/h11H,5-10H2,1-4H3,(H,16,21)(H,17,18,19). The van der Waals surface area contributed by atoms with Crippen LogP contribution >= 0.6 is 0 Å². The summed E-state index contributed by atoms with van der Waals surface area (Å²) < 4.78 is 0. The third-order valence-electron chi connectivity index (χ3n) is 4.00. The van der Waals surface area contributed by atoms with Crippen molar-refractivity contribution in [1.29, 1.82) is 0 Å². The van der Waals surface area contributed by atoms with Crippen LogP contribution < -0.4 is 5.32 Å². The van der Waals surface area contributed by atoms with Gasteiger partial charge in [-0.3, -0.25) is 14.8 Å². The van der Waals surface area contributed by atoms with Gasteiger partial charge in [0.25, 0.3) is 5.91 Å². The van der Waals surface area contributed by atoms with Crippen LogP contribution in [0.4, 0.5) is 0 Å². The molecule has 118 valence electrons. The van der Waals surface area contributed by atoms with Gasteiger partial charge in [0.05, 0.1) is 0 Å². The molecule has 0 aromatic carbocycles. The van der Waals surface area contributed by atoms with Crippen LogP contribution in [0, 0.1) is 0 Å². The molecule has 1 aliphatic rings. The van der Waals surface area contributed by atoms with E-state index < -0.39 is 0 Å². The van der Waals surface area contributed by atoms with E-state index in [9.17, 15) is 4.79 Å². The molecule has 0 spiro atoms. The first-order chi connectivity index (χ1) is 9.90. The SMILES string of the molecule is CCCc1nc(C(=O)NC2CCN(C(C)(C)C)CC2)n[nH]1. The van der Waals surface area contributed by atoms with E-state index in [-0.39, 0.29) is 23.3 Å². The van der Waals surface area contributed by atoms with Crippen LogP contribution in [-0.4, -0.2) is 50.7 Å². The molecule has 0 atom stereocenters. The van der Waals surface area contributed by atoms with Gasteiger partial charge < -0.3 is 5.32 Å². The Kier molecular flexibility index (Phi) is 4.98. The number of likely N-dealkylation sites (tertiary alicyclic amines) is 1. The molecule has 0 radical (unpaired) electrons. The lowest BCUT2D eigenvalue weighted by Crippen LogP contribution is -2.50.